The summed E-state index contributed by atoms with van der Waals surface area (Å²) in [6.07, 6.45) is 2.54. The van der Waals surface area contributed by atoms with Crippen molar-refractivity contribution < 1.29 is 23.1 Å². The van der Waals surface area contributed by atoms with E-state index in [0.29, 0.717) is 32.7 Å². The monoisotopic (exact) mass is 505 g/mol. The third-order valence-corrected chi connectivity index (χ3v) is 6.37. The van der Waals surface area contributed by atoms with E-state index in [-0.39, 0.29) is 29.5 Å². The number of halogens is 2. The van der Waals surface area contributed by atoms with Crippen LogP contribution in [0.15, 0.2) is 84.9 Å². The zero-order valence-corrected chi connectivity index (χ0v) is 20.6. The molecule has 0 unspecified atom stereocenters. The van der Waals surface area contributed by atoms with Gasteiger partial charge < -0.3 is 15.0 Å². The Labute approximate surface area is 215 Å². The molecule has 0 saturated carbocycles. The average Bonchev–Trinajstić information content (AvgIpc) is 2.93. The highest BCUT2D eigenvalue weighted by Crippen LogP contribution is 2.30. The Bertz CT molecular complexity index is 1180. The summed E-state index contributed by atoms with van der Waals surface area (Å²) in [5.74, 6) is -0.495. The van der Waals surface area contributed by atoms with Crippen molar-refractivity contribution in [1.82, 2.24) is 15.1 Å². The van der Waals surface area contributed by atoms with Gasteiger partial charge in [-0.25, -0.2) is 8.78 Å². The molecule has 1 aliphatic rings. The van der Waals surface area contributed by atoms with Gasteiger partial charge in [0, 0.05) is 44.9 Å². The molecular weight excluding hydrogens is 476 g/mol. The van der Waals surface area contributed by atoms with E-state index in [1.807, 2.05) is 24.3 Å². The smallest absolute Gasteiger partial charge is 0.246 e. The number of piperazine rings is 1. The Balaban J connectivity index is 1.33. The number of nitrogens with one attached hydrogen (secondary N) is 1. The Kier molecular flexibility index (Phi) is 8.64. The highest BCUT2D eigenvalue weighted by molar-refractivity contribution is 5.96. The molecule has 0 aliphatic carbocycles. The molecule has 1 heterocycles. The van der Waals surface area contributed by atoms with E-state index in [2.05, 4.69) is 10.2 Å². The number of carbonyl (C=O) groups excluding carboxylic acids is 2. The first kappa shape index (κ1) is 26.0. The van der Waals surface area contributed by atoms with E-state index in [1.165, 1.54) is 36.4 Å². The second-order valence-electron chi connectivity index (χ2n) is 8.77. The average molecular weight is 506 g/mol. The molecule has 3 aromatic rings. The minimum atomic E-state index is -0.351. The molecule has 3 aromatic carbocycles. The first-order chi connectivity index (χ1) is 17.9. The first-order valence-corrected chi connectivity index (χ1v) is 12.1. The number of nitrogens with zero attached hydrogens (tertiary/aromatic N) is 2. The van der Waals surface area contributed by atoms with Gasteiger partial charge in [-0.3, -0.25) is 14.5 Å². The lowest BCUT2D eigenvalue weighted by molar-refractivity contribution is -0.128. The van der Waals surface area contributed by atoms with Gasteiger partial charge in [-0.1, -0.05) is 36.4 Å². The van der Waals surface area contributed by atoms with Gasteiger partial charge in [0.1, 0.15) is 17.4 Å². The van der Waals surface area contributed by atoms with Crippen LogP contribution in [0.5, 0.6) is 5.75 Å². The molecule has 6 nitrogen and oxygen atoms in total. The summed E-state index contributed by atoms with van der Waals surface area (Å²) in [4.78, 5) is 28.7. The van der Waals surface area contributed by atoms with Crippen molar-refractivity contribution in [2.24, 2.45) is 0 Å². The Hall–Kier alpha value is -4.04. The summed E-state index contributed by atoms with van der Waals surface area (Å²) >= 11 is 0. The number of carbonyl (C=O) groups is 2. The van der Waals surface area contributed by atoms with E-state index < -0.39 is 0 Å². The van der Waals surface area contributed by atoms with Crippen LogP contribution >= 0.6 is 0 Å². The first-order valence-electron chi connectivity index (χ1n) is 12.1. The molecule has 37 heavy (non-hydrogen) atoms. The van der Waals surface area contributed by atoms with E-state index >= 15 is 0 Å². The summed E-state index contributed by atoms with van der Waals surface area (Å²) in [7, 11) is 1.59. The van der Waals surface area contributed by atoms with Gasteiger partial charge in [-0.15, -0.1) is 0 Å². The predicted molar refractivity (Wildman–Crippen MR) is 137 cm³/mol. The zero-order chi connectivity index (χ0) is 26.2. The fourth-order valence-corrected chi connectivity index (χ4v) is 4.35. The van der Waals surface area contributed by atoms with Gasteiger partial charge >= 0.3 is 0 Å². The zero-order valence-electron chi connectivity index (χ0n) is 20.6. The summed E-state index contributed by atoms with van der Waals surface area (Å²) in [5.41, 5.74) is 2.70. The second-order valence-corrected chi connectivity index (χ2v) is 8.77. The molecule has 1 N–H and O–H groups in total. The number of amides is 2. The molecule has 1 aliphatic heterocycles. The molecule has 0 spiro atoms. The van der Waals surface area contributed by atoms with Crippen molar-refractivity contribution in [3.8, 4) is 5.75 Å². The fourth-order valence-electron chi connectivity index (χ4n) is 4.35. The van der Waals surface area contributed by atoms with Crippen LogP contribution in [0.2, 0.25) is 0 Å². The van der Waals surface area contributed by atoms with E-state index in [0.717, 1.165) is 22.4 Å². The second kappa shape index (κ2) is 12.3. The van der Waals surface area contributed by atoms with Crippen molar-refractivity contribution >= 4 is 11.8 Å². The SMILES string of the molecule is COc1ccc(CNC(=O)/C=C\C(=O)N2CCN(C(c3ccc(F)cc3)c3ccc(F)cc3)CC2)cc1. The van der Waals surface area contributed by atoms with Gasteiger partial charge in [-0.05, 0) is 53.1 Å². The van der Waals surface area contributed by atoms with Crippen molar-refractivity contribution in [3.63, 3.8) is 0 Å². The number of rotatable bonds is 8. The molecule has 4 rings (SSSR count). The van der Waals surface area contributed by atoms with Crippen LogP contribution in [-0.4, -0.2) is 54.9 Å². The van der Waals surface area contributed by atoms with Crippen LogP contribution < -0.4 is 10.1 Å². The van der Waals surface area contributed by atoms with Gasteiger partial charge in [0.2, 0.25) is 11.8 Å². The number of methoxy groups -OCH3 is 1. The largest absolute Gasteiger partial charge is 0.497 e. The van der Waals surface area contributed by atoms with Crippen molar-refractivity contribution in [2.45, 2.75) is 12.6 Å². The van der Waals surface area contributed by atoms with Crippen LogP contribution in [-0.2, 0) is 16.1 Å². The van der Waals surface area contributed by atoms with Gasteiger partial charge in [0.15, 0.2) is 0 Å². The minimum absolute atomic E-state index is 0.197. The quantitative estimate of drug-likeness (QED) is 0.469. The van der Waals surface area contributed by atoms with Crippen LogP contribution in [0.25, 0.3) is 0 Å². The minimum Gasteiger partial charge on any atom is -0.497 e. The van der Waals surface area contributed by atoms with Crippen molar-refractivity contribution in [1.29, 1.82) is 0 Å². The topological polar surface area (TPSA) is 61.9 Å². The Morgan fingerprint density at radius 1 is 0.838 bits per heavy atom. The molecule has 8 heteroatoms. The molecule has 0 atom stereocenters. The normalized spacial score (nSPS) is 14.2. The maximum absolute atomic E-state index is 13.5. The predicted octanol–water partition coefficient (Wildman–Crippen LogP) is 4.08. The number of hydrogen-bond acceptors (Lipinski definition) is 4. The van der Waals surface area contributed by atoms with E-state index in [1.54, 1.807) is 36.3 Å². The molecule has 1 saturated heterocycles. The highest BCUT2D eigenvalue weighted by atomic mass is 19.1. The van der Waals surface area contributed by atoms with Gasteiger partial charge in [0.05, 0.1) is 13.2 Å². The number of hydrogen-bond donors (Lipinski definition) is 1. The van der Waals surface area contributed by atoms with Gasteiger partial charge in [0.25, 0.3) is 0 Å². The Morgan fingerprint density at radius 3 is 1.89 bits per heavy atom. The van der Waals surface area contributed by atoms with E-state index in [9.17, 15) is 18.4 Å². The molecule has 192 valence electrons. The van der Waals surface area contributed by atoms with Gasteiger partial charge in [-0.2, -0.15) is 0 Å². The van der Waals surface area contributed by atoms with E-state index in [4.69, 9.17) is 4.74 Å². The summed E-state index contributed by atoms with van der Waals surface area (Å²) < 4.78 is 32.2. The van der Waals surface area contributed by atoms with Crippen molar-refractivity contribution in [2.75, 3.05) is 33.3 Å². The van der Waals surface area contributed by atoms with Crippen LogP contribution in [0.1, 0.15) is 22.7 Å². The maximum atomic E-state index is 13.5. The maximum Gasteiger partial charge on any atom is 0.246 e. The lowest BCUT2D eigenvalue weighted by Crippen LogP contribution is -2.49. The molecule has 0 aromatic heterocycles. The molecule has 0 radical (unpaired) electrons. The van der Waals surface area contributed by atoms with Crippen LogP contribution in [0.3, 0.4) is 0 Å². The molecule has 0 bridgehead atoms. The lowest BCUT2D eigenvalue weighted by atomic mass is 9.96. The highest BCUT2D eigenvalue weighted by Gasteiger charge is 2.27. The molecule has 2 amide bonds. The number of benzene rings is 3. The molecule has 1 fully saturated rings. The summed E-state index contributed by atoms with van der Waals surface area (Å²) in [5, 5.41) is 2.76. The summed E-state index contributed by atoms with van der Waals surface area (Å²) in [6, 6.07) is 19.7. The number of ether oxygens (including phenoxy) is 1. The third-order valence-electron chi connectivity index (χ3n) is 6.37. The lowest BCUT2D eigenvalue weighted by Gasteiger charge is -2.39. The molecular formula is C29H29F2N3O3. The summed E-state index contributed by atoms with van der Waals surface area (Å²) in [6.45, 7) is 2.42. The third kappa shape index (κ3) is 7.01. The standard InChI is InChI=1S/C29H29F2N3O3/c1-37-26-12-2-21(3-13-26)20-32-27(35)14-15-28(36)33-16-18-34(19-17-33)29(22-4-8-24(30)9-5-22)23-6-10-25(31)11-7-23/h2-15,29H,16-20H2,1H3,(H,32,35)/b15-14-. The van der Waals surface area contributed by atoms with Crippen LogP contribution in [0, 0.1) is 11.6 Å². The Morgan fingerprint density at radius 2 is 1.38 bits per heavy atom. The van der Waals surface area contributed by atoms with Crippen molar-refractivity contribution in [3.05, 3.63) is 113 Å². The van der Waals surface area contributed by atoms with Crippen LogP contribution in [0.4, 0.5) is 8.78 Å². The fraction of sp³-hybridized carbons (Fsp3) is 0.241.